The number of carboxylic acids is 1. The van der Waals surface area contributed by atoms with E-state index in [1.807, 2.05) is 0 Å². The van der Waals surface area contributed by atoms with Gasteiger partial charge >= 0.3 is 11.7 Å². The molecular weight excluding hydrogens is 278 g/mol. The van der Waals surface area contributed by atoms with Gasteiger partial charge in [0, 0.05) is 24.7 Å². The Morgan fingerprint density at radius 2 is 1.81 bits per heavy atom. The number of hydrogen-bond acceptors (Lipinski definition) is 4. The van der Waals surface area contributed by atoms with Crippen molar-refractivity contribution < 1.29 is 14.7 Å². The number of aliphatic carboxylic acids is 1. The third-order valence-corrected chi connectivity index (χ3v) is 3.58. The quantitative estimate of drug-likeness (QED) is 0.684. The molecule has 8 nitrogen and oxygen atoms in total. The topological polar surface area (TPSA) is 123 Å². The summed E-state index contributed by atoms with van der Waals surface area (Å²) in [5, 5.41) is 9.08. The zero-order chi connectivity index (χ0) is 16.4. The van der Waals surface area contributed by atoms with E-state index in [1.54, 1.807) is 6.92 Å². The highest BCUT2D eigenvalue weighted by Crippen LogP contribution is 2.14. The standard InChI is InChI=1S/C13H19N3O5/c1-7-8(10(18)15-12(21)14-7)5-6-9(17)16(4)13(2,3)11(19)20/h5-6H2,1-4H3,(H,19,20)(H2,14,15,18,21). The second-order valence-corrected chi connectivity index (χ2v) is 5.33. The third kappa shape index (κ3) is 3.59. The van der Waals surface area contributed by atoms with Gasteiger partial charge in [-0.1, -0.05) is 0 Å². The van der Waals surface area contributed by atoms with Crippen molar-refractivity contribution in [2.45, 2.75) is 39.2 Å². The van der Waals surface area contributed by atoms with Crippen LogP contribution < -0.4 is 11.2 Å². The average molecular weight is 297 g/mol. The van der Waals surface area contributed by atoms with Gasteiger partial charge in [0.2, 0.25) is 5.91 Å². The Kier molecular flexibility index (Phi) is 4.72. The molecule has 0 radical (unpaired) electrons. The number of carboxylic acid groups (broad SMARTS) is 1. The molecule has 21 heavy (non-hydrogen) atoms. The first-order chi connectivity index (χ1) is 9.57. The summed E-state index contributed by atoms with van der Waals surface area (Å²) in [6.45, 7) is 4.41. The first-order valence-corrected chi connectivity index (χ1v) is 6.39. The van der Waals surface area contributed by atoms with Gasteiger partial charge in [0.25, 0.3) is 5.56 Å². The molecule has 1 amide bonds. The van der Waals surface area contributed by atoms with E-state index >= 15 is 0 Å². The highest BCUT2D eigenvalue weighted by Gasteiger charge is 2.34. The largest absolute Gasteiger partial charge is 0.480 e. The summed E-state index contributed by atoms with van der Waals surface area (Å²) in [5.74, 6) is -1.51. The summed E-state index contributed by atoms with van der Waals surface area (Å²) >= 11 is 0. The van der Waals surface area contributed by atoms with Crippen LogP contribution in [0.25, 0.3) is 0 Å². The highest BCUT2D eigenvalue weighted by atomic mass is 16.4. The maximum atomic E-state index is 12.0. The van der Waals surface area contributed by atoms with Gasteiger partial charge in [0.1, 0.15) is 5.54 Å². The van der Waals surface area contributed by atoms with Crippen LogP contribution in [-0.2, 0) is 16.0 Å². The molecule has 0 aromatic carbocycles. The molecule has 0 saturated carbocycles. The molecule has 1 rings (SSSR count). The number of carbonyl (C=O) groups excluding carboxylic acids is 1. The Bertz CT molecular complexity index is 671. The van der Waals surface area contributed by atoms with Crippen molar-refractivity contribution in [3.05, 3.63) is 32.1 Å². The number of aromatic amines is 2. The number of aryl methyl sites for hydroxylation is 1. The van der Waals surface area contributed by atoms with Gasteiger partial charge in [0.05, 0.1) is 0 Å². The minimum atomic E-state index is -1.33. The normalized spacial score (nSPS) is 11.2. The average Bonchev–Trinajstić information content (AvgIpc) is 2.35. The summed E-state index contributed by atoms with van der Waals surface area (Å²) in [7, 11) is 1.40. The van der Waals surface area contributed by atoms with Crippen molar-refractivity contribution in [1.82, 2.24) is 14.9 Å². The number of hydrogen-bond donors (Lipinski definition) is 3. The Morgan fingerprint density at radius 1 is 1.24 bits per heavy atom. The maximum Gasteiger partial charge on any atom is 0.329 e. The second kappa shape index (κ2) is 5.94. The van der Waals surface area contributed by atoms with Crippen LogP contribution in [0.2, 0.25) is 0 Å². The molecule has 0 aliphatic heterocycles. The summed E-state index contributed by atoms with van der Waals surface area (Å²) in [6, 6.07) is 0. The maximum absolute atomic E-state index is 12.0. The van der Waals surface area contributed by atoms with Crippen LogP contribution in [0.15, 0.2) is 9.59 Å². The van der Waals surface area contributed by atoms with Crippen LogP contribution in [-0.4, -0.2) is 44.4 Å². The van der Waals surface area contributed by atoms with E-state index in [9.17, 15) is 19.2 Å². The number of aromatic nitrogens is 2. The lowest BCUT2D eigenvalue weighted by Gasteiger charge is -2.31. The molecule has 0 fully saturated rings. The number of amides is 1. The number of carbonyl (C=O) groups is 2. The molecule has 1 aromatic rings. The van der Waals surface area contributed by atoms with Crippen LogP contribution in [0.4, 0.5) is 0 Å². The van der Waals surface area contributed by atoms with Gasteiger partial charge in [0.15, 0.2) is 0 Å². The van der Waals surface area contributed by atoms with E-state index in [0.717, 1.165) is 4.90 Å². The number of likely N-dealkylation sites (N-methyl/N-ethyl adjacent to an activating group) is 1. The fraction of sp³-hybridized carbons (Fsp3) is 0.538. The third-order valence-electron chi connectivity index (χ3n) is 3.58. The molecule has 0 spiro atoms. The first kappa shape index (κ1) is 16.7. The van der Waals surface area contributed by atoms with E-state index in [0.29, 0.717) is 11.3 Å². The second-order valence-electron chi connectivity index (χ2n) is 5.33. The molecule has 0 atom stereocenters. The molecule has 1 aromatic heterocycles. The Hall–Kier alpha value is -2.38. The van der Waals surface area contributed by atoms with E-state index in [1.165, 1.54) is 20.9 Å². The van der Waals surface area contributed by atoms with E-state index in [2.05, 4.69) is 9.97 Å². The number of nitrogens with one attached hydrogen (secondary N) is 2. The summed E-state index contributed by atoms with van der Waals surface area (Å²) in [5.41, 5.74) is -1.76. The fourth-order valence-electron chi connectivity index (χ4n) is 1.78. The van der Waals surface area contributed by atoms with E-state index < -0.39 is 28.7 Å². The predicted molar refractivity (Wildman–Crippen MR) is 75.2 cm³/mol. The smallest absolute Gasteiger partial charge is 0.329 e. The predicted octanol–water partition coefficient (Wildman–Crippen LogP) is -0.374. The first-order valence-electron chi connectivity index (χ1n) is 6.39. The van der Waals surface area contributed by atoms with Crippen LogP contribution >= 0.6 is 0 Å². The van der Waals surface area contributed by atoms with Crippen molar-refractivity contribution in [1.29, 1.82) is 0 Å². The van der Waals surface area contributed by atoms with Crippen molar-refractivity contribution in [3.8, 4) is 0 Å². The van der Waals surface area contributed by atoms with Gasteiger partial charge in [-0.15, -0.1) is 0 Å². The Labute approximate surface area is 120 Å². The van der Waals surface area contributed by atoms with E-state index in [4.69, 9.17) is 5.11 Å². The van der Waals surface area contributed by atoms with Crippen LogP contribution in [0, 0.1) is 6.92 Å². The Balaban J connectivity index is 2.86. The zero-order valence-corrected chi connectivity index (χ0v) is 12.4. The fourth-order valence-corrected chi connectivity index (χ4v) is 1.78. The van der Waals surface area contributed by atoms with Crippen LogP contribution in [0.3, 0.4) is 0 Å². The number of H-pyrrole nitrogens is 2. The van der Waals surface area contributed by atoms with Crippen LogP contribution in [0.5, 0.6) is 0 Å². The lowest BCUT2D eigenvalue weighted by atomic mass is 10.0. The molecule has 0 unspecified atom stereocenters. The van der Waals surface area contributed by atoms with E-state index in [-0.39, 0.29) is 12.8 Å². The SMILES string of the molecule is Cc1[nH]c(=O)[nH]c(=O)c1CCC(=O)N(C)C(C)(C)C(=O)O. The van der Waals surface area contributed by atoms with Gasteiger partial charge in [-0.2, -0.15) is 0 Å². The van der Waals surface area contributed by atoms with Crippen molar-refractivity contribution in [3.63, 3.8) is 0 Å². The molecule has 0 aliphatic carbocycles. The summed E-state index contributed by atoms with van der Waals surface area (Å²) < 4.78 is 0. The van der Waals surface area contributed by atoms with Gasteiger partial charge < -0.3 is 15.0 Å². The zero-order valence-electron chi connectivity index (χ0n) is 12.4. The van der Waals surface area contributed by atoms with Gasteiger partial charge in [-0.05, 0) is 27.2 Å². The molecule has 0 saturated heterocycles. The number of rotatable bonds is 5. The molecule has 116 valence electrons. The highest BCUT2D eigenvalue weighted by molar-refractivity contribution is 5.86. The molecule has 3 N–H and O–H groups in total. The Morgan fingerprint density at radius 3 is 2.29 bits per heavy atom. The summed E-state index contributed by atoms with van der Waals surface area (Å²) in [6.07, 6.45) is 0.0972. The molecule has 1 heterocycles. The van der Waals surface area contributed by atoms with Crippen molar-refractivity contribution >= 4 is 11.9 Å². The minimum Gasteiger partial charge on any atom is -0.480 e. The van der Waals surface area contributed by atoms with Crippen molar-refractivity contribution in [2.24, 2.45) is 0 Å². The lowest BCUT2D eigenvalue weighted by molar-refractivity contribution is -0.155. The monoisotopic (exact) mass is 297 g/mol. The van der Waals surface area contributed by atoms with Crippen LogP contribution in [0.1, 0.15) is 31.5 Å². The molecule has 0 bridgehead atoms. The number of nitrogens with zero attached hydrogens (tertiary/aromatic N) is 1. The van der Waals surface area contributed by atoms with Gasteiger partial charge in [-0.25, -0.2) is 9.59 Å². The minimum absolute atomic E-state index is 0.0246. The molecular formula is C13H19N3O5. The van der Waals surface area contributed by atoms with Gasteiger partial charge in [-0.3, -0.25) is 14.6 Å². The molecule has 0 aliphatic rings. The lowest BCUT2D eigenvalue weighted by Crippen LogP contribution is -2.50. The molecule has 8 heteroatoms. The van der Waals surface area contributed by atoms with Crippen molar-refractivity contribution in [2.75, 3.05) is 7.05 Å². The summed E-state index contributed by atoms with van der Waals surface area (Å²) in [4.78, 5) is 51.5.